The second kappa shape index (κ2) is 8.65. The highest BCUT2D eigenvalue weighted by Gasteiger charge is 2.34. The molecule has 0 saturated carbocycles. The van der Waals surface area contributed by atoms with E-state index in [-0.39, 0.29) is 12.2 Å². The molecule has 0 spiro atoms. The molecular weight excluding hydrogens is 352 g/mol. The number of amides is 1. The number of carbonyl (C=O) groups excluding carboxylic acids is 1. The van der Waals surface area contributed by atoms with Gasteiger partial charge in [0, 0.05) is 18.8 Å². The zero-order valence-electron chi connectivity index (χ0n) is 16.4. The van der Waals surface area contributed by atoms with Gasteiger partial charge in [-0.3, -0.25) is 9.80 Å². The second-order valence-electron chi connectivity index (χ2n) is 7.77. The fourth-order valence-corrected chi connectivity index (χ4v) is 4.31. The molecule has 2 aromatic carbocycles. The van der Waals surface area contributed by atoms with Crippen molar-refractivity contribution in [2.75, 3.05) is 38.2 Å². The van der Waals surface area contributed by atoms with Crippen LogP contribution in [0.4, 0.5) is 10.5 Å². The molecule has 1 amide bonds. The molecule has 2 atom stereocenters. The van der Waals surface area contributed by atoms with Crippen molar-refractivity contribution >= 4 is 11.8 Å². The summed E-state index contributed by atoms with van der Waals surface area (Å²) in [6, 6.07) is 18.3. The van der Waals surface area contributed by atoms with Gasteiger partial charge in [0.2, 0.25) is 0 Å². The molecule has 2 fully saturated rings. The molecule has 0 aromatic heterocycles. The molecule has 0 N–H and O–H groups in total. The van der Waals surface area contributed by atoms with Gasteiger partial charge in [-0.15, -0.1) is 0 Å². The number of hydrogen-bond donors (Lipinski definition) is 0. The van der Waals surface area contributed by atoms with E-state index in [1.54, 1.807) is 12.0 Å². The van der Waals surface area contributed by atoms with E-state index in [1.165, 1.54) is 18.4 Å². The van der Waals surface area contributed by atoms with Gasteiger partial charge in [-0.25, -0.2) is 4.79 Å². The van der Waals surface area contributed by atoms with Crippen LogP contribution in [0.1, 0.15) is 18.4 Å². The smallest absolute Gasteiger partial charge is 0.414 e. The van der Waals surface area contributed by atoms with Crippen LogP contribution in [-0.2, 0) is 11.2 Å². The van der Waals surface area contributed by atoms with Crippen molar-refractivity contribution in [2.24, 2.45) is 5.92 Å². The highest BCUT2D eigenvalue weighted by atomic mass is 16.6. The first-order valence-corrected chi connectivity index (χ1v) is 10.1. The van der Waals surface area contributed by atoms with Crippen molar-refractivity contribution < 1.29 is 14.3 Å². The third kappa shape index (κ3) is 4.47. The number of likely N-dealkylation sites (tertiary alicyclic amines) is 1. The quantitative estimate of drug-likeness (QED) is 0.760. The summed E-state index contributed by atoms with van der Waals surface area (Å²) in [4.78, 5) is 16.5. The molecule has 0 bridgehead atoms. The summed E-state index contributed by atoms with van der Waals surface area (Å²) in [5.74, 6) is 1.46. The predicted molar refractivity (Wildman–Crippen MR) is 110 cm³/mol. The Morgan fingerprint density at radius 1 is 1.07 bits per heavy atom. The average molecular weight is 380 g/mol. The number of hydrogen-bond acceptors (Lipinski definition) is 4. The van der Waals surface area contributed by atoms with Crippen LogP contribution in [0.15, 0.2) is 54.6 Å². The first kappa shape index (κ1) is 18.8. The number of anilines is 1. The van der Waals surface area contributed by atoms with Crippen LogP contribution < -0.4 is 9.64 Å². The van der Waals surface area contributed by atoms with Gasteiger partial charge in [0.25, 0.3) is 0 Å². The van der Waals surface area contributed by atoms with Crippen molar-refractivity contribution in [2.45, 2.75) is 25.4 Å². The monoisotopic (exact) mass is 380 g/mol. The molecule has 2 unspecified atom stereocenters. The lowest BCUT2D eigenvalue weighted by molar-refractivity contribution is 0.0875. The van der Waals surface area contributed by atoms with Gasteiger partial charge in [0.15, 0.2) is 0 Å². The minimum atomic E-state index is -0.256. The molecule has 28 heavy (non-hydrogen) atoms. The van der Waals surface area contributed by atoms with E-state index in [0.29, 0.717) is 12.5 Å². The first-order valence-electron chi connectivity index (χ1n) is 10.1. The maximum absolute atomic E-state index is 12.3. The molecule has 2 heterocycles. The zero-order chi connectivity index (χ0) is 19.3. The predicted octanol–water partition coefficient (Wildman–Crippen LogP) is 3.98. The molecule has 2 aromatic rings. The number of benzene rings is 2. The Kier molecular flexibility index (Phi) is 5.81. The number of piperidine rings is 1. The minimum Gasteiger partial charge on any atom is -0.497 e. The third-order valence-corrected chi connectivity index (χ3v) is 5.69. The Bertz CT molecular complexity index is 778. The van der Waals surface area contributed by atoms with Crippen molar-refractivity contribution in [3.8, 4) is 5.75 Å². The maximum Gasteiger partial charge on any atom is 0.414 e. The largest absolute Gasteiger partial charge is 0.497 e. The summed E-state index contributed by atoms with van der Waals surface area (Å²) in [7, 11) is 1.64. The Balaban J connectivity index is 1.32. The number of cyclic esters (lactones) is 1. The molecular formula is C23H28N2O3. The van der Waals surface area contributed by atoms with Crippen molar-refractivity contribution in [1.29, 1.82) is 0 Å². The Morgan fingerprint density at radius 2 is 1.86 bits per heavy atom. The van der Waals surface area contributed by atoms with Crippen LogP contribution in [-0.4, -0.2) is 50.4 Å². The van der Waals surface area contributed by atoms with Crippen LogP contribution in [0.2, 0.25) is 0 Å². The topological polar surface area (TPSA) is 42.0 Å². The van der Waals surface area contributed by atoms with E-state index in [1.807, 2.05) is 24.3 Å². The van der Waals surface area contributed by atoms with Gasteiger partial charge in [-0.1, -0.05) is 30.3 Å². The summed E-state index contributed by atoms with van der Waals surface area (Å²) >= 11 is 0. The molecule has 2 saturated heterocycles. The standard InChI is InChI=1S/C23H28N2O3/c1-27-21-11-9-20(10-12-21)25-17-22(28-23(25)26)16-24-13-5-8-19(15-24)14-18-6-3-2-4-7-18/h2-4,6-7,9-12,19,22H,5,8,13-17H2,1H3. The van der Waals surface area contributed by atoms with Crippen LogP contribution in [0.3, 0.4) is 0 Å². The lowest BCUT2D eigenvalue weighted by Crippen LogP contribution is -2.41. The summed E-state index contributed by atoms with van der Waals surface area (Å²) in [6.07, 6.45) is 3.27. The maximum atomic E-state index is 12.3. The fourth-order valence-electron chi connectivity index (χ4n) is 4.31. The molecule has 5 nitrogen and oxygen atoms in total. The van der Waals surface area contributed by atoms with E-state index < -0.39 is 0 Å². The molecule has 2 aliphatic rings. The van der Waals surface area contributed by atoms with Crippen LogP contribution in [0.5, 0.6) is 5.75 Å². The number of ether oxygens (including phenoxy) is 2. The van der Waals surface area contributed by atoms with Crippen molar-refractivity contribution in [3.63, 3.8) is 0 Å². The SMILES string of the molecule is COc1ccc(N2CC(CN3CCCC(Cc4ccccc4)C3)OC2=O)cc1. The van der Waals surface area contributed by atoms with Crippen molar-refractivity contribution in [3.05, 3.63) is 60.2 Å². The molecule has 0 aliphatic carbocycles. The van der Waals surface area contributed by atoms with Gasteiger partial charge in [-0.05, 0) is 61.6 Å². The van der Waals surface area contributed by atoms with Gasteiger partial charge in [-0.2, -0.15) is 0 Å². The van der Waals surface area contributed by atoms with Crippen LogP contribution in [0.25, 0.3) is 0 Å². The van der Waals surface area contributed by atoms with E-state index in [0.717, 1.165) is 37.5 Å². The lowest BCUT2D eigenvalue weighted by Gasteiger charge is -2.33. The molecule has 2 aliphatic heterocycles. The Morgan fingerprint density at radius 3 is 2.61 bits per heavy atom. The number of rotatable bonds is 6. The van der Waals surface area contributed by atoms with Crippen molar-refractivity contribution in [1.82, 2.24) is 4.90 Å². The van der Waals surface area contributed by atoms with E-state index in [2.05, 4.69) is 35.2 Å². The van der Waals surface area contributed by atoms with Crippen LogP contribution in [0, 0.1) is 5.92 Å². The first-order chi connectivity index (χ1) is 13.7. The summed E-state index contributed by atoms with van der Waals surface area (Å²) in [5, 5.41) is 0. The average Bonchev–Trinajstić information content (AvgIpc) is 3.09. The lowest BCUT2D eigenvalue weighted by atomic mass is 9.91. The Labute approximate surface area is 166 Å². The van der Waals surface area contributed by atoms with Gasteiger partial charge in [0.1, 0.15) is 11.9 Å². The molecule has 4 rings (SSSR count). The molecule has 5 heteroatoms. The van der Waals surface area contributed by atoms with Gasteiger partial charge in [0.05, 0.1) is 13.7 Å². The number of methoxy groups -OCH3 is 1. The summed E-state index contributed by atoms with van der Waals surface area (Å²) in [6.45, 7) is 3.57. The second-order valence-corrected chi connectivity index (χ2v) is 7.77. The van der Waals surface area contributed by atoms with E-state index in [9.17, 15) is 4.79 Å². The van der Waals surface area contributed by atoms with Gasteiger partial charge >= 0.3 is 6.09 Å². The molecule has 148 valence electrons. The van der Waals surface area contributed by atoms with E-state index in [4.69, 9.17) is 9.47 Å². The molecule has 0 radical (unpaired) electrons. The van der Waals surface area contributed by atoms with E-state index >= 15 is 0 Å². The Hall–Kier alpha value is -2.53. The summed E-state index contributed by atoms with van der Waals surface area (Å²) in [5.41, 5.74) is 2.27. The van der Waals surface area contributed by atoms with Crippen LogP contribution >= 0.6 is 0 Å². The zero-order valence-corrected chi connectivity index (χ0v) is 16.4. The minimum absolute atomic E-state index is 0.0786. The van der Waals surface area contributed by atoms with Gasteiger partial charge < -0.3 is 9.47 Å². The summed E-state index contributed by atoms with van der Waals surface area (Å²) < 4.78 is 10.8. The third-order valence-electron chi connectivity index (χ3n) is 5.69. The number of nitrogens with zero attached hydrogens (tertiary/aromatic N) is 2. The normalized spacial score (nSPS) is 22.9. The highest BCUT2D eigenvalue weighted by molar-refractivity contribution is 5.89. The number of carbonyl (C=O) groups is 1. The fraction of sp³-hybridized carbons (Fsp3) is 0.435. The highest BCUT2D eigenvalue weighted by Crippen LogP contribution is 2.26.